The molecule has 0 heterocycles. The number of anilines is 1. The molecule has 0 fully saturated rings. The van der Waals surface area contributed by atoms with Crippen LogP contribution in [-0.2, 0) is 4.74 Å². The average molecular weight is 300 g/mol. The molecule has 0 bridgehead atoms. The molecule has 2 aromatic rings. The fourth-order valence-electron chi connectivity index (χ4n) is 2.13. The summed E-state index contributed by atoms with van der Waals surface area (Å²) in [4.78, 5) is 11.5. The molecular weight excluding hydrogens is 276 g/mol. The van der Waals surface area contributed by atoms with Crippen molar-refractivity contribution in [3.05, 3.63) is 42.5 Å². The lowest BCUT2D eigenvalue weighted by atomic mass is 10.1. The molecule has 0 unspecified atom stereocenters. The fraction of sp³-hybridized carbons (Fsp3) is 0.389. The maximum atomic E-state index is 11.5. The first-order valence-electron chi connectivity index (χ1n) is 7.63. The van der Waals surface area contributed by atoms with Crippen LogP contribution in [0.25, 0.3) is 10.8 Å². The third kappa shape index (κ3) is 5.28. The van der Waals surface area contributed by atoms with E-state index in [4.69, 9.17) is 4.74 Å². The lowest BCUT2D eigenvalue weighted by Gasteiger charge is -2.19. The monoisotopic (exact) mass is 300 g/mol. The maximum absolute atomic E-state index is 11.5. The molecular formula is C18H24N2O2. The number of benzene rings is 2. The van der Waals surface area contributed by atoms with Gasteiger partial charge in [-0.1, -0.05) is 30.3 Å². The van der Waals surface area contributed by atoms with Gasteiger partial charge in [0.05, 0.1) is 0 Å². The summed E-state index contributed by atoms with van der Waals surface area (Å²) in [5, 5.41) is 8.58. The molecule has 0 spiro atoms. The van der Waals surface area contributed by atoms with Gasteiger partial charge in [0, 0.05) is 18.8 Å². The number of rotatable bonds is 5. The zero-order valence-electron chi connectivity index (χ0n) is 13.5. The van der Waals surface area contributed by atoms with E-state index in [0.717, 1.165) is 18.7 Å². The lowest BCUT2D eigenvalue weighted by molar-refractivity contribution is 0.0528. The molecule has 2 rings (SSSR count). The normalized spacial score (nSPS) is 11.2. The van der Waals surface area contributed by atoms with Crippen LogP contribution in [0.3, 0.4) is 0 Å². The quantitative estimate of drug-likeness (QED) is 0.815. The second kappa shape index (κ2) is 7.16. The largest absolute Gasteiger partial charge is 0.444 e. The molecule has 22 heavy (non-hydrogen) atoms. The van der Waals surface area contributed by atoms with Crippen LogP contribution in [0.4, 0.5) is 10.5 Å². The summed E-state index contributed by atoms with van der Waals surface area (Å²) in [5.74, 6) is 0. The van der Waals surface area contributed by atoms with Gasteiger partial charge in [-0.25, -0.2) is 4.79 Å². The average Bonchev–Trinajstić information content (AvgIpc) is 2.45. The number of hydrogen-bond acceptors (Lipinski definition) is 3. The highest BCUT2D eigenvalue weighted by molar-refractivity contribution is 5.85. The van der Waals surface area contributed by atoms with E-state index < -0.39 is 5.60 Å². The standard InChI is InChI=1S/C18H24N2O2/c1-18(2,3)22-17(21)20-12-6-11-19-16-10-9-14-7-4-5-8-15(14)13-16/h4-5,7-10,13,19H,6,11-12H2,1-3H3,(H,20,21). The molecule has 4 nitrogen and oxygen atoms in total. The van der Waals surface area contributed by atoms with Crippen LogP contribution in [0.1, 0.15) is 27.2 Å². The molecule has 0 aromatic heterocycles. The van der Waals surface area contributed by atoms with Crippen molar-refractivity contribution in [2.75, 3.05) is 18.4 Å². The van der Waals surface area contributed by atoms with Crippen LogP contribution in [0, 0.1) is 0 Å². The summed E-state index contributed by atoms with van der Waals surface area (Å²) in [6, 6.07) is 14.6. The van der Waals surface area contributed by atoms with E-state index in [9.17, 15) is 4.79 Å². The van der Waals surface area contributed by atoms with E-state index in [1.807, 2.05) is 32.9 Å². The highest BCUT2D eigenvalue weighted by Gasteiger charge is 2.15. The number of ether oxygens (including phenoxy) is 1. The molecule has 4 heteroatoms. The molecule has 2 N–H and O–H groups in total. The summed E-state index contributed by atoms with van der Waals surface area (Å²) in [5.41, 5.74) is 0.643. The number of hydrogen-bond donors (Lipinski definition) is 2. The Morgan fingerprint density at radius 1 is 1.05 bits per heavy atom. The van der Waals surface area contributed by atoms with Crippen molar-refractivity contribution >= 4 is 22.6 Å². The van der Waals surface area contributed by atoms with Gasteiger partial charge in [0.25, 0.3) is 0 Å². The molecule has 0 saturated heterocycles. The number of carbonyl (C=O) groups is 1. The fourth-order valence-corrected chi connectivity index (χ4v) is 2.13. The van der Waals surface area contributed by atoms with E-state index >= 15 is 0 Å². The van der Waals surface area contributed by atoms with Gasteiger partial charge in [-0.15, -0.1) is 0 Å². The minimum atomic E-state index is -0.451. The van der Waals surface area contributed by atoms with Gasteiger partial charge >= 0.3 is 6.09 Å². The van der Waals surface area contributed by atoms with E-state index in [0.29, 0.717) is 6.54 Å². The summed E-state index contributed by atoms with van der Waals surface area (Å²) in [6.45, 7) is 6.96. The lowest BCUT2D eigenvalue weighted by Crippen LogP contribution is -2.33. The van der Waals surface area contributed by atoms with Gasteiger partial charge in [0.15, 0.2) is 0 Å². The van der Waals surface area contributed by atoms with Gasteiger partial charge in [-0.05, 0) is 50.1 Å². The number of alkyl carbamates (subject to hydrolysis) is 1. The van der Waals surface area contributed by atoms with Crippen molar-refractivity contribution in [2.24, 2.45) is 0 Å². The highest BCUT2D eigenvalue weighted by atomic mass is 16.6. The minimum Gasteiger partial charge on any atom is -0.444 e. The van der Waals surface area contributed by atoms with Crippen molar-refractivity contribution in [2.45, 2.75) is 32.8 Å². The Labute approximate surface area is 131 Å². The van der Waals surface area contributed by atoms with Crippen LogP contribution in [0.2, 0.25) is 0 Å². The Bertz CT molecular complexity index is 632. The molecule has 0 atom stereocenters. The topological polar surface area (TPSA) is 50.4 Å². The van der Waals surface area contributed by atoms with Crippen LogP contribution in [0.5, 0.6) is 0 Å². The Hall–Kier alpha value is -2.23. The van der Waals surface area contributed by atoms with Crippen LogP contribution in [0.15, 0.2) is 42.5 Å². The minimum absolute atomic E-state index is 0.363. The third-order valence-electron chi connectivity index (χ3n) is 3.10. The molecule has 0 aliphatic rings. The van der Waals surface area contributed by atoms with Gasteiger partial charge in [0.2, 0.25) is 0 Å². The molecule has 0 aliphatic heterocycles. The Kier molecular flexibility index (Phi) is 5.26. The van der Waals surface area contributed by atoms with Crippen molar-refractivity contribution in [1.29, 1.82) is 0 Å². The number of amides is 1. The smallest absolute Gasteiger partial charge is 0.407 e. The van der Waals surface area contributed by atoms with E-state index in [1.54, 1.807) is 0 Å². The van der Waals surface area contributed by atoms with Gasteiger partial charge in [-0.3, -0.25) is 0 Å². The van der Waals surface area contributed by atoms with Crippen LogP contribution >= 0.6 is 0 Å². The van der Waals surface area contributed by atoms with Crippen molar-refractivity contribution in [3.63, 3.8) is 0 Å². The first-order chi connectivity index (χ1) is 10.4. The van der Waals surface area contributed by atoms with Crippen LogP contribution < -0.4 is 10.6 Å². The second-order valence-electron chi connectivity index (χ2n) is 6.27. The van der Waals surface area contributed by atoms with Crippen molar-refractivity contribution < 1.29 is 9.53 Å². The number of nitrogens with one attached hydrogen (secondary N) is 2. The first-order valence-corrected chi connectivity index (χ1v) is 7.63. The Morgan fingerprint density at radius 2 is 1.77 bits per heavy atom. The van der Waals surface area contributed by atoms with Gasteiger partial charge in [0.1, 0.15) is 5.60 Å². The highest BCUT2D eigenvalue weighted by Crippen LogP contribution is 2.18. The number of carbonyl (C=O) groups excluding carboxylic acids is 1. The molecule has 0 aliphatic carbocycles. The van der Waals surface area contributed by atoms with Crippen molar-refractivity contribution in [3.8, 4) is 0 Å². The third-order valence-corrected chi connectivity index (χ3v) is 3.10. The van der Waals surface area contributed by atoms with Crippen LogP contribution in [-0.4, -0.2) is 24.8 Å². The summed E-state index contributed by atoms with van der Waals surface area (Å²) in [7, 11) is 0. The zero-order valence-corrected chi connectivity index (χ0v) is 13.5. The van der Waals surface area contributed by atoms with E-state index in [2.05, 4.69) is 41.0 Å². The molecule has 0 radical (unpaired) electrons. The maximum Gasteiger partial charge on any atom is 0.407 e. The van der Waals surface area contributed by atoms with E-state index in [-0.39, 0.29) is 6.09 Å². The Balaban J connectivity index is 1.71. The molecule has 0 saturated carbocycles. The predicted molar refractivity (Wildman–Crippen MR) is 91.3 cm³/mol. The SMILES string of the molecule is CC(C)(C)OC(=O)NCCCNc1ccc2ccccc2c1. The summed E-state index contributed by atoms with van der Waals surface area (Å²) < 4.78 is 5.18. The molecule has 1 amide bonds. The summed E-state index contributed by atoms with van der Waals surface area (Å²) in [6.07, 6.45) is 0.477. The number of fused-ring (bicyclic) bond motifs is 1. The molecule has 118 valence electrons. The van der Waals surface area contributed by atoms with Gasteiger partial charge in [-0.2, -0.15) is 0 Å². The van der Waals surface area contributed by atoms with Gasteiger partial charge < -0.3 is 15.4 Å². The first kappa shape index (κ1) is 16.1. The Morgan fingerprint density at radius 3 is 2.50 bits per heavy atom. The van der Waals surface area contributed by atoms with E-state index in [1.165, 1.54) is 10.8 Å². The zero-order chi connectivity index (χ0) is 16.0. The second-order valence-corrected chi connectivity index (χ2v) is 6.27. The summed E-state index contributed by atoms with van der Waals surface area (Å²) >= 11 is 0. The van der Waals surface area contributed by atoms with Crippen molar-refractivity contribution in [1.82, 2.24) is 5.32 Å². The predicted octanol–water partition coefficient (Wildman–Crippen LogP) is 4.17. The molecule has 2 aromatic carbocycles.